The second kappa shape index (κ2) is 36.3. The smallest absolute Gasteiger partial charge is 0.306 e. The van der Waals surface area contributed by atoms with Crippen LogP contribution in [0.2, 0.25) is 0 Å². The van der Waals surface area contributed by atoms with Crippen molar-refractivity contribution in [1.29, 1.82) is 0 Å². The predicted molar refractivity (Wildman–Crippen MR) is 399 cm³/mol. The second-order valence-electron chi connectivity index (χ2n) is 24.8. The van der Waals surface area contributed by atoms with Crippen molar-refractivity contribution in [3.63, 3.8) is 0 Å². The molecule has 0 fully saturated rings. The van der Waals surface area contributed by atoms with E-state index >= 15 is 0 Å². The quantitative estimate of drug-likeness (QED) is 0.0344. The maximum Gasteiger partial charge on any atom is 0.306 e. The Labute approximate surface area is 596 Å². The topological polar surface area (TPSA) is 219 Å². The molecule has 9 aromatic carbocycles. The van der Waals surface area contributed by atoms with Crippen molar-refractivity contribution < 1.29 is 46.8 Å². The third-order valence-corrected chi connectivity index (χ3v) is 17.0. The van der Waals surface area contributed by atoms with E-state index in [-0.39, 0.29) is 17.5 Å². The molecule has 0 aliphatic rings. The number of methoxy groups -OCH3 is 4. The normalized spacial score (nSPS) is 11.0. The van der Waals surface area contributed by atoms with Gasteiger partial charge in [-0.1, -0.05) is 157 Å². The summed E-state index contributed by atoms with van der Waals surface area (Å²) in [6, 6.07) is 67.3. The fraction of sp³-hybridized carbons (Fsp3) is 0.238. The maximum absolute atomic E-state index is 11.4. The molecule has 0 aliphatic heterocycles. The van der Waals surface area contributed by atoms with Gasteiger partial charge in [0.15, 0.2) is 0 Å². The van der Waals surface area contributed by atoms with Crippen LogP contribution in [0.5, 0.6) is 5.75 Å². The number of benzene rings is 9. The van der Waals surface area contributed by atoms with Crippen LogP contribution in [0.4, 0.5) is 0 Å². The molecule has 0 aliphatic carbocycles. The Morgan fingerprint density at radius 3 is 1.55 bits per heavy atom. The Morgan fingerprint density at radius 2 is 0.980 bits per heavy atom. The number of Topliss-reactive ketones (excluding diaryl/α,β-unsaturated/α-hetero) is 2. The lowest BCUT2D eigenvalue weighted by molar-refractivity contribution is -0.140. The molecule has 0 spiro atoms. The van der Waals surface area contributed by atoms with Crippen LogP contribution in [-0.4, -0.2) is 103 Å². The molecule has 0 unspecified atom stereocenters. The summed E-state index contributed by atoms with van der Waals surface area (Å²) in [7, 11) is 8.39. The van der Waals surface area contributed by atoms with E-state index in [1.807, 2.05) is 127 Å². The first-order valence-corrected chi connectivity index (χ1v) is 33.8. The van der Waals surface area contributed by atoms with Gasteiger partial charge in [0, 0.05) is 79.3 Å². The molecule has 0 saturated heterocycles. The van der Waals surface area contributed by atoms with E-state index < -0.39 is 0 Å². The Kier molecular flexibility index (Phi) is 26.2. The number of ether oxygens (including phenoxy) is 4. The lowest BCUT2D eigenvalue weighted by atomic mass is 9.93. The number of hydrogen-bond donors (Lipinski definition) is 2. The number of carbonyl (C=O) groups excluding carboxylic acids is 3. The average molecular weight is 1370 g/mol. The third-order valence-electron chi connectivity index (χ3n) is 17.0. The number of oxazole rings is 1. The minimum absolute atomic E-state index is 0.107. The summed E-state index contributed by atoms with van der Waals surface area (Å²) >= 11 is 0. The summed E-state index contributed by atoms with van der Waals surface area (Å²) < 4.78 is 38.4. The Bertz CT molecular complexity index is 4800. The van der Waals surface area contributed by atoms with E-state index in [9.17, 15) is 14.4 Å². The van der Waals surface area contributed by atoms with E-state index in [0.29, 0.717) is 88.2 Å². The fourth-order valence-electron chi connectivity index (χ4n) is 12.0. The van der Waals surface area contributed by atoms with E-state index in [2.05, 4.69) is 141 Å². The van der Waals surface area contributed by atoms with Crippen LogP contribution in [0.25, 0.3) is 102 Å². The molecule has 0 bridgehead atoms. The largest absolute Gasteiger partial charge is 0.496 e. The molecule has 0 saturated carbocycles. The van der Waals surface area contributed by atoms with Crippen LogP contribution in [0.1, 0.15) is 71.7 Å². The van der Waals surface area contributed by atoms with Gasteiger partial charge in [0.05, 0.1) is 46.9 Å². The number of aromatic nitrogens is 5. The fourth-order valence-corrected chi connectivity index (χ4v) is 12.0. The maximum atomic E-state index is 11.4. The van der Waals surface area contributed by atoms with Crippen molar-refractivity contribution in [3.05, 3.63) is 251 Å². The number of esters is 1. The molecular formula is C84H86N8O10. The van der Waals surface area contributed by atoms with Crippen molar-refractivity contribution in [3.8, 4) is 108 Å². The van der Waals surface area contributed by atoms with Crippen LogP contribution >= 0.6 is 0 Å². The van der Waals surface area contributed by atoms with Gasteiger partial charge < -0.3 is 43.0 Å². The number of hydrogen-bond acceptors (Lipinski definition) is 18. The van der Waals surface area contributed by atoms with E-state index in [1.54, 1.807) is 41.4 Å². The molecule has 12 aromatic rings. The first kappa shape index (κ1) is 73.6. The summed E-state index contributed by atoms with van der Waals surface area (Å²) in [5.74, 6) is 3.27. The van der Waals surface area contributed by atoms with Crippen LogP contribution in [0.3, 0.4) is 0 Å². The summed E-state index contributed by atoms with van der Waals surface area (Å²) in [5, 5.41) is 14.8. The number of nitrogens with one attached hydrogen (secondary N) is 2. The van der Waals surface area contributed by atoms with Gasteiger partial charge in [0.2, 0.25) is 17.5 Å². The molecule has 0 radical (unpaired) electrons. The van der Waals surface area contributed by atoms with Gasteiger partial charge in [-0.25, -0.2) is 4.98 Å². The highest BCUT2D eigenvalue weighted by Gasteiger charge is 2.20. The highest BCUT2D eigenvalue weighted by atomic mass is 16.5. The van der Waals surface area contributed by atoms with Gasteiger partial charge in [-0.15, -0.1) is 0 Å². The lowest BCUT2D eigenvalue weighted by Gasteiger charge is -2.14. The van der Waals surface area contributed by atoms with Crippen LogP contribution < -0.4 is 15.4 Å². The zero-order valence-corrected chi connectivity index (χ0v) is 59.5. The van der Waals surface area contributed by atoms with Crippen molar-refractivity contribution in [2.75, 3.05) is 55.1 Å². The van der Waals surface area contributed by atoms with E-state index in [0.717, 1.165) is 101 Å². The molecule has 0 atom stereocenters. The minimum atomic E-state index is -0.220. The summed E-state index contributed by atoms with van der Waals surface area (Å²) in [4.78, 5) is 49.8. The summed E-state index contributed by atoms with van der Waals surface area (Å²) in [6.45, 7) is 13.7. The first-order chi connectivity index (χ1) is 49.6. The van der Waals surface area contributed by atoms with Crippen LogP contribution in [0.15, 0.2) is 220 Å². The number of nitrogens with zero attached hydrogens (tertiary/aromatic N) is 6. The summed E-state index contributed by atoms with van der Waals surface area (Å²) in [5.41, 5.74) is 21.9. The predicted octanol–water partition coefficient (Wildman–Crippen LogP) is 16.6. The van der Waals surface area contributed by atoms with Crippen molar-refractivity contribution in [1.82, 2.24) is 40.8 Å². The standard InChI is InChI=1S/C29H30N2O4.C28H29N3O3.C27H27N3O3/c1-20-7-4-5-10-25(20)26-12-11-23(16-24(26)18-33-2)29-31-27(19-35-29)22-9-6-8-21(15-22)17-30-14-13-28(32)34-3;1-4-21-9-5-6-11-25(21)26-13-12-23(15-24(26)18-33-3)28-30-27(31-34-28)22-10-7-8-20(14-22)17-29-16-19(2)32;1-18-8-5-6-11-23(18)24-13-12-22(15-25(24)32-4)27-28-26(29-33-27)21-10-7-9-20(14-21)17-30(3)16-19(2)31/h4-12,15-16,19,30H,13-14,17-18H2,1-3H3;5-15,29H,4,16-18H2,1-3H3;5-15H,16-17H2,1-4H3. The number of likely N-dealkylation sites (N-methyl/N-ethyl adjacent to an activating group) is 1. The van der Waals surface area contributed by atoms with Gasteiger partial charge >= 0.3 is 5.97 Å². The number of ketones is 2. The average Bonchev–Trinajstić information content (AvgIpc) is 0.972. The van der Waals surface area contributed by atoms with Gasteiger partial charge in [0.25, 0.3) is 11.8 Å². The lowest BCUT2D eigenvalue weighted by Crippen LogP contribution is -2.23. The molecule has 3 aromatic heterocycles. The number of rotatable bonds is 28. The highest BCUT2D eigenvalue weighted by molar-refractivity contribution is 5.80. The van der Waals surface area contributed by atoms with E-state index in [4.69, 9.17) is 32.7 Å². The molecule has 0 amide bonds. The SMILES string of the molecule is CCc1ccccc1-c1ccc(-c2nc(-c3cccc(CNCC(C)=O)c3)no2)cc1COC.COCc1cc(-c2nc(-c3cccc(CNCCC(=O)OC)c3)co2)ccc1-c1ccccc1C.COc1cc(-c2nc(-c3cccc(CN(C)CC(C)=O)c3)no2)ccc1-c1ccccc1C. The number of aryl methyl sites for hydroxylation is 3. The second-order valence-corrected chi connectivity index (χ2v) is 24.8. The summed E-state index contributed by atoms with van der Waals surface area (Å²) in [6.07, 6.45) is 2.99. The van der Waals surface area contributed by atoms with Crippen LogP contribution in [0, 0.1) is 13.8 Å². The van der Waals surface area contributed by atoms with Crippen molar-refractivity contribution in [2.45, 2.75) is 80.3 Å². The Hall–Kier alpha value is -11.1. The molecule has 12 rings (SSSR count). The van der Waals surface area contributed by atoms with Crippen molar-refractivity contribution in [2.24, 2.45) is 0 Å². The highest BCUT2D eigenvalue weighted by Crippen LogP contribution is 2.38. The van der Waals surface area contributed by atoms with Gasteiger partial charge in [-0.2, -0.15) is 9.97 Å². The van der Waals surface area contributed by atoms with Gasteiger partial charge in [0.1, 0.15) is 29.3 Å². The molecule has 522 valence electrons. The Morgan fingerprint density at radius 1 is 0.480 bits per heavy atom. The van der Waals surface area contributed by atoms with Crippen molar-refractivity contribution >= 4 is 17.5 Å². The zero-order valence-electron chi connectivity index (χ0n) is 59.5. The van der Waals surface area contributed by atoms with Crippen LogP contribution in [-0.2, 0) is 67.9 Å². The minimum Gasteiger partial charge on any atom is -0.496 e. The molecular weight excluding hydrogens is 1280 g/mol. The zero-order chi connectivity index (χ0) is 71.9. The number of carbonyl (C=O) groups is 3. The monoisotopic (exact) mass is 1370 g/mol. The molecule has 18 heteroatoms. The Balaban J connectivity index is 0.000000165. The first-order valence-electron chi connectivity index (χ1n) is 33.8. The molecule has 102 heavy (non-hydrogen) atoms. The van der Waals surface area contributed by atoms with E-state index in [1.165, 1.54) is 34.9 Å². The molecule has 18 nitrogen and oxygen atoms in total. The molecule has 2 N–H and O–H groups in total. The molecule has 3 heterocycles. The third kappa shape index (κ3) is 19.7. The van der Waals surface area contributed by atoms with Gasteiger partial charge in [-0.05, 0) is 174 Å². The van der Waals surface area contributed by atoms with Gasteiger partial charge in [-0.3, -0.25) is 19.3 Å².